The monoisotopic (exact) mass is 393 g/mol. The van der Waals surface area contributed by atoms with Gasteiger partial charge >= 0.3 is 6.03 Å². The molecule has 1 heterocycles. The molecule has 2 rings (SSSR count). The summed E-state index contributed by atoms with van der Waals surface area (Å²) in [5, 5.41) is 3.76. The van der Waals surface area contributed by atoms with Crippen LogP contribution in [-0.2, 0) is 4.79 Å². The molecule has 7 heteroatoms. The fourth-order valence-corrected chi connectivity index (χ4v) is 2.76. The topological polar surface area (TPSA) is 52.7 Å². The fourth-order valence-electron chi connectivity index (χ4n) is 2.46. The third kappa shape index (κ3) is 5.42. The second-order valence-corrected chi connectivity index (χ2v) is 6.94. The van der Waals surface area contributed by atoms with Crippen molar-refractivity contribution < 1.29 is 9.59 Å². The fraction of sp³-hybridized carbons (Fsp3) is 0.368. The van der Waals surface area contributed by atoms with Crippen LogP contribution >= 0.6 is 23.2 Å². The van der Waals surface area contributed by atoms with Gasteiger partial charge in [0.2, 0.25) is 5.91 Å². The second-order valence-electron chi connectivity index (χ2n) is 6.13. The molecule has 138 valence electrons. The van der Waals surface area contributed by atoms with Crippen molar-refractivity contribution in [1.82, 2.24) is 15.1 Å². The Labute approximate surface area is 163 Å². The van der Waals surface area contributed by atoms with Gasteiger partial charge in [0.1, 0.15) is 0 Å². The van der Waals surface area contributed by atoms with Crippen LogP contribution in [0.5, 0.6) is 0 Å². The Balaban J connectivity index is 1.86. The number of hydrogen-bond donors (Lipinski definition) is 1. The van der Waals surface area contributed by atoms with Gasteiger partial charge in [-0.2, -0.15) is 0 Å². The first-order chi connectivity index (χ1) is 12.3. The highest BCUT2D eigenvalue weighted by molar-refractivity contribution is 6.42. The lowest BCUT2D eigenvalue weighted by Crippen LogP contribution is -2.54. The number of carbonyl (C=O) groups excluding carboxylic acids is 2. The van der Waals surface area contributed by atoms with E-state index < -0.39 is 0 Å². The first kappa shape index (κ1) is 20.2. The Morgan fingerprint density at radius 3 is 2.35 bits per heavy atom. The number of piperazine rings is 1. The molecule has 0 saturated carbocycles. The molecule has 0 aromatic heterocycles. The van der Waals surface area contributed by atoms with E-state index in [1.54, 1.807) is 34.9 Å². The minimum atomic E-state index is -0.327. The number of rotatable bonds is 2. The molecule has 0 radical (unpaired) electrons. The molecule has 1 N–H and O–H groups in total. The summed E-state index contributed by atoms with van der Waals surface area (Å²) in [6, 6.07) is 4.62. The summed E-state index contributed by atoms with van der Waals surface area (Å²) >= 11 is 11.8. The predicted molar refractivity (Wildman–Crippen MR) is 104 cm³/mol. The van der Waals surface area contributed by atoms with Crippen LogP contribution in [0.15, 0.2) is 30.4 Å². The summed E-state index contributed by atoms with van der Waals surface area (Å²) in [4.78, 5) is 27.6. The molecule has 1 aliphatic heterocycles. The molecule has 3 amide bonds. The maximum atomic E-state index is 12.3. The summed E-state index contributed by atoms with van der Waals surface area (Å²) in [5.74, 6) is 5.87. The minimum absolute atomic E-state index is 0.0640. The van der Waals surface area contributed by atoms with Gasteiger partial charge in [0.15, 0.2) is 0 Å². The van der Waals surface area contributed by atoms with Crippen molar-refractivity contribution in [3.63, 3.8) is 0 Å². The number of halogens is 2. The van der Waals surface area contributed by atoms with E-state index >= 15 is 0 Å². The molecule has 1 atom stereocenters. The highest BCUT2D eigenvalue weighted by Gasteiger charge is 2.24. The zero-order valence-electron chi connectivity index (χ0n) is 14.8. The maximum absolute atomic E-state index is 12.3. The van der Waals surface area contributed by atoms with E-state index in [0.717, 1.165) is 5.56 Å². The van der Waals surface area contributed by atoms with Crippen LogP contribution < -0.4 is 5.32 Å². The molecule has 1 aromatic rings. The van der Waals surface area contributed by atoms with Gasteiger partial charge in [-0.3, -0.25) is 4.79 Å². The van der Waals surface area contributed by atoms with E-state index in [1.807, 2.05) is 6.92 Å². The van der Waals surface area contributed by atoms with E-state index in [4.69, 9.17) is 23.2 Å². The number of urea groups is 1. The van der Waals surface area contributed by atoms with Gasteiger partial charge in [0.25, 0.3) is 0 Å². The minimum Gasteiger partial charge on any atom is -0.335 e. The van der Waals surface area contributed by atoms with E-state index in [9.17, 15) is 9.59 Å². The quantitative estimate of drug-likeness (QED) is 0.619. The highest BCUT2D eigenvalue weighted by atomic mass is 35.5. The molecule has 0 spiro atoms. The largest absolute Gasteiger partial charge is 0.335 e. The molecular formula is C19H21Cl2N3O2. The van der Waals surface area contributed by atoms with E-state index in [0.29, 0.717) is 41.8 Å². The Morgan fingerprint density at radius 2 is 1.77 bits per heavy atom. The normalized spacial score (nSPS) is 14.9. The first-order valence-corrected chi connectivity index (χ1v) is 9.00. The van der Waals surface area contributed by atoms with Crippen LogP contribution in [-0.4, -0.2) is 54.0 Å². The standard InChI is InChI=1S/C19H21Cl2N3O2/c1-13(2)18(25)23-8-10-24(11-9-23)19(26)22-14(3)4-5-15-6-7-16(20)17(21)12-15/h6-7,12,14H,1,8-11H2,2-3H3,(H,22,26)/t14-/m0/s1. The number of nitrogens with one attached hydrogen (secondary N) is 1. The van der Waals surface area contributed by atoms with Gasteiger partial charge in [0.05, 0.1) is 16.1 Å². The number of nitrogens with zero attached hydrogens (tertiary/aromatic N) is 2. The molecule has 0 unspecified atom stereocenters. The molecule has 0 aliphatic carbocycles. The second kappa shape index (κ2) is 8.98. The van der Waals surface area contributed by atoms with Crippen LogP contribution in [0.2, 0.25) is 10.0 Å². The van der Waals surface area contributed by atoms with E-state index in [-0.39, 0.29) is 18.0 Å². The Kier molecular flexibility index (Phi) is 6.96. The van der Waals surface area contributed by atoms with Crippen molar-refractivity contribution in [2.45, 2.75) is 19.9 Å². The molecule has 1 fully saturated rings. The smallest absolute Gasteiger partial charge is 0.318 e. The number of benzene rings is 1. The van der Waals surface area contributed by atoms with Crippen molar-refractivity contribution in [2.75, 3.05) is 26.2 Å². The van der Waals surface area contributed by atoms with Crippen molar-refractivity contribution >= 4 is 35.1 Å². The summed E-state index contributed by atoms with van der Waals surface area (Å²) in [6.07, 6.45) is 0. The van der Waals surface area contributed by atoms with Crippen LogP contribution in [0, 0.1) is 11.8 Å². The average molecular weight is 394 g/mol. The van der Waals surface area contributed by atoms with Gasteiger partial charge in [-0.15, -0.1) is 0 Å². The third-order valence-electron chi connectivity index (χ3n) is 3.91. The van der Waals surface area contributed by atoms with Gasteiger partial charge < -0.3 is 15.1 Å². The van der Waals surface area contributed by atoms with Gasteiger partial charge in [-0.1, -0.05) is 41.6 Å². The zero-order chi connectivity index (χ0) is 19.3. The van der Waals surface area contributed by atoms with Gasteiger partial charge in [-0.25, -0.2) is 4.79 Å². The van der Waals surface area contributed by atoms with Gasteiger partial charge in [-0.05, 0) is 32.0 Å². The molecule has 1 aliphatic rings. The Hall–Kier alpha value is -2.16. The summed E-state index contributed by atoms with van der Waals surface area (Å²) in [7, 11) is 0. The zero-order valence-corrected chi connectivity index (χ0v) is 16.3. The predicted octanol–water partition coefficient (Wildman–Crippen LogP) is 3.16. The summed E-state index contributed by atoms with van der Waals surface area (Å²) in [6.45, 7) is 9.14. The first-order valence-electron chi connectivity index (χ1n) is 8.24. The molecular weight excluding hydrogens is 373 g/mol. The van der Waals surface area contributed by atoms with E-state index in [1.165, 1.54) is 0 Å². The lowest BCUT2D eigenvalue weighted by atomic mass is 10.2. The van der Waals surface area contributed by atoms with Crippen LogP contribution in [0.4, 0.5) is 4.79 Å². The highest BCUT2D eigenvalue weighted by Crippen LogP contribution is 2.22. The molecule has 1 saturated heterocycles. The van der Waals surface area contributed by atoms with Crippen molar-refractivity contribution in [2.24, 2.45) is 0 Å². The summed E-state index contributed by atoms with van der Waals surface area (Å²) < 4.78 is 0. The Bertz CT molecular complexity index is 775. The lowest BCUT2D eigenvalue weighted by molar-refractivity contribution is -0.128. The third-order valence-corrected chi connectivity index (χ3v) is 4.65. The van der Waals surface area contributed by atoms with Gasteiger partial charge in [0, 0.05) is 37.3 Å². The average Bonchev–Trinajstić information content (AvgIpc) is 2.62. The van der Waals surface area contributed by atoms with Crippen molar-refractivity contribution in [3.8, 4) is 11.8 Å². The van der Waals surface area contributed by atoms with Crippen LogP contribution in [0.3, 0.4) is 0 Å². The van der Waals surface area contributed by atoms with Crippen LogP contribution in [0.25, 0.3) is 0 Å². The van der Waals surface area contributed by atoms with E-state index in [2.05, 4.69) is 23.7 Å². The van der Waals surface area contributed by atoms with Crippen molar-refractivity contribution in [3.05, 3.63) is 46.0 Å². The molecule has 0 bridgehead atoms. The Morgan fingerprint density at radius 1 is 1.15 bits per heavy atom. The SMILES string of the molecule is C=C(C)C(=O)N1CCN(C(=O)N[C@@H](C)C#Cc2ccc(Cl)c(Cl)c2)CC1. The molecule has 1 aromatic carbocycles. The molecule has 5 nitrogen and oxygen atoms in total. The number of hydrogen-bond acceptors (Lipinski definition) is 2. The summed E-state index contributed by atoms with van der Waals surface area (Å²) in [5.41, 5.74) is 1.24. The maximum Gasteiger partial charge on any atom is 0.318 e. The van der Waals surface area contributed by atoms with Crippen LogP contribution in [0.1, 0.15) is 19.4 Å². The van der Waals surface area contributed by atoms with Crippen molar-refractivity contribution in [1.29, 1.82) is 0 Å². The lowest BCUT2D eigenvalue weighted by Gasteiger charge is -2.35. The molecule has 26 heavy (non-hydrogen) atoms. The number of amides is 3. The number of carbonyl (C=O) groups is 2.